The molecule has 4 nitrogen and oxygen atoms in total. The van der Waals surface area contributed by atoms with Crippen molar-refractivity contribution in [1.29, 1.82) is 0 Å². The molecule has 180 valence electrons. The van der Waals surface area contributed by atoms with Gasteiger partial charge in [0.1, 0.15) is 0 Å². The first kappa shape index (κ1) is 26.7. The summed E-state index contributed by atoms with van der Waals surface area (Å²) in [5.41, 5.74) is 1.49. The van der Waals surface area contributed by atoms with E-state index in [0.29, 0.717) is 30.6 Å². The highest BCUT2D eigenvalue weighted by Gasteiger charge is 2.44. The van der Waals surface area contributed by atoms with Gasteiger partial charge in [-0.1, -0.05) is 44.6 Å². The number of unbranched alkanes of at least 4 members (excludes halogenated alkanes) is 1. The summed E-state index contributed by atoms with van der Waals surface area (Å²) in [7, 11) is 0. The molecular formula is C28H45NO3. The molecule has 1 amide bonds. The summed E-state index contributed by atoms with van der Waals surface area (Å²) in [6.07, 6.45) is 13.7. The topological polar surface area (TPSA) is 60.8 Å². The predicted molar refractivity (Wildman–Crippen MR) is 132 cm³/mol. The average molecular weight is 444 g/mol. The average Bonchev–Trinajstić information content (AvgIpc) is 3.29. The van der Waals surface area contributed by atoms with Crippen LogP contribution in [0.5, 0.6) is 0 Å². The lowest BCUT2D eigenvalue weighted by Crippen LogP contribution is -2.32. The Morgan fingerprint density at radius 1 is 1.25 bits per heavy atom. The zero-order chi connectivity index (χ0) is 23.5. The van der Waals surface area contributed by atoms with Crippen molar-refractivity contribution in [2.45, 2.75) is 97.7 Å². The van der Waals surface area contributed by atoms with Crippen LogP contribution in [0.25, 0.3) is 0 Å². The number of carbonyl (C=O) groups excluding carboxylic acids is 1. The van der Waals surface area contributed by atoms with Crippen molar-refractivity contribution >= 4 is 5.91 Å². The van der Waals surface area contributed by atoms with Crippen molar-refractivity contribution in [2.75, 3.05) is 13.1 Å². The number of hydrogen-bond donors (Lipinski definition) is 2. The Kier molecular flexibility index (Phi) is 11.6. The number of nitrogens with zero attached hydrogens (tertiary/aromatic N) is 1. The first-order chi connectivity index (χ1) is 15.4. The maximum Gasteiger partial charge on any atom is 0.222 e. The largest absolute Gasteiger partial charge is 0.392 e. The summed E-state index contributed by atoms with van der Waals surface area (Å²) in [6, 6.07) is 0. The fourth-order valence-electron chi connectivity index (χ4n) is 5.37. The van der Waals surface area contributed by atoms with Gasteiger partial charge in [0.05, 0.1) is 12.2 Å². The standard InChI is InChI=1S/C28H45NO3/c1-5-8-11-21(4)26(30)15-14-24-25-19-22(18-23(25)20-27(24)31)12-9-10-13-28(32)29(16-6-2)17-7-3/h12,14-15,21,23-27,30-31H,6-7,9-11,13,16-20H2,1-4H3/t21-,23-,24+,25-,26+,27+/m0/s1. The molecule has 0 aromatic heterocycles. The van der Waals surface area contributed by atoms with Gasteiger partial charge in [-0.3, -0.25) is 4.79 Å². The first-order valence-corrected chi connectivity index (χ1v) is 12.8. The molecule has 0 saturated heterocycles. The van der Waals surface area contributed by atoms with Gasteiger partial charge in [0.25, 0.3) is 0 Å². The Bertz CT molecular complexity index is 695. The molecule has 0 unspecified atom stereocenters. The Morgan fingerprint density at radius 2 is 1.97 bits per heavy atom. The van der Waals surface area contributed by atoms with Crippen LogP contribution in [0.15, 0.2) is 23.8 Å². The van der Waals surface area contributed by atoms with E-state index < -0.39 is 6.10 Å². The lowest BCUT2D eigenvalue weighted by atomic mass is 9.89. The lowest BCUT2D eigenvalue weighted by Gasteiger charge is -2.21. The van der Waals surface area contributed by atoms with E-state index in [1.807, 2.05) is 24.8 Å². The third-order valence-electron chi connectivity index (χ3n) is 7.19. The number of hydrogen-bond acceptors (Lipinski definition) is 3. The van der Waals surface area contributed by atoms with Gasteiger partial charge in [-0.05, 0) is 69.6 Å². The van der Waals surface area contributed by atoms with Crippen LogP contribution in [0.3, 0.4) is 0 Å². The zero-order valence-electron chi connectivity index (χ0n) is 20.7. The molecule has 2 N–H and O–H groups in total. The summed E-state index contributed by atoms with van der Waals surface area (Å²) in [5.74, 6) is 7.44. The number of rotatable bonds is 12. The van der Waals surface area contributed by atoms with Gasteiger partial charge in [-0.15, -0.1) is 11.8 Å². The molecule has 4 heteroatoms. The number of amides is 1. The molecule has 0 aromatic carbocycles. The number of fused-ring (bicyclic) bond motifs is 1. The third kappa shape index (κ3) is 7.78. The third-order valence-corrected chi connectivity index (χ3v) is 7.19. The van der Waals surface area contributed by atoms with E-state index >= 15 is 0 Å². The summed E-state index contributed by atoms with van der Waals surface area (Å²) >= 11 is 0. The summed E-state index contributed by atoms with van der Waals surface area (Å²) in [5, 5.41) is 21.0. The van der Waals surface area contributed by atoms with Crippen LogP contribution in [0.1, 0.15) is 85.5 Å². The number of aliphatic hydroxyl groups excluding tert-OH is 2. The smallest absolute Gasteiger partial charge is 0.222 e. The second-order valence-corrected chi connectivity index (χ2v) is 9.83. The minimum Gasteiger partial charge on any atom is -0.392 e. The second-order valence-electron chi connectivity index (χ2n) is 9.83. The van der Waals surface area contributed by atoms with Crippen LogP contribution >= 0.6 is 0 Å². The van der Waals surface area contributed by atoms with Gasteiger partial charge in [-0.2, -0.15) is 0 Å². The number of aliphatic hydroxyl groups is 2. The van der Waals surface area contributed by atoms with E-state index in [-0.39, 0.29) is 17.9 Å². The minimum atomic E-state index is -0.518. The quantitative estimate of drug-likeness (QED) is 0.250. The van der Waals surface area contributed by atoms with Crippen LogP contribution in [0.4, 0.5) is 0 Å². The zero-order valence-corrected chi connectivity index (χ0v) is 20.7. The molecule has 0 spiro atoms. The van der Waals surface area contributed by atoms with Gasteiger partial charge >= 0.3 is 0 Å². The van der Waals surface area contributed by atoms with Crippen LogP contribution < -0.4 is 0 Å². The van der Waals surface area contributed by atoms with Crippen molar-refractivity contribution < 1.29 is 15.0 Å². The van der Waals surface area contributed by atoms with Crippen molar-refractivity contribution in [3.63, 3.8) is 0 Å². The molecule has 6 atom stereocenters. The molecule has 32 heavy (non-hydrogen) atoms. The Morgan fingerprint density at radius 3 is 2.62 bits per heavy atom. The second kappa shape index (κ2) is 13.9. The summed E-state index contributed by atoms with van der Waals surface area (Å²) < 4.78 is 0. The minimum absolute atomic E-state index is 0.0976. The molecule has 2 rings (SSSR count). The Labute approximate surface area is 196 Å². The van der Waals surface area contributed by atoms with E-state index in [1.54, 1.807) is 0 Å². The molecule has 0 radical (unpaired) electrons. The summed E-state index contributed by atoms with van der Waals surface area (Å²) in [6.45, 7) is 9.82. The molecule has 0 aliphatic heterocycles. The monoisotopic (exact) mass is 443 g/mol. The van der Waals surface area contributed by atoms with Gasteiger partial charge < -0.3 is 15.1 Å². The van der Waals surface area contributed by atoms with Crippen LogP contribution in [0.2, 0.25) is 0 Å². The molecule has 2 aliphatic carbocycles. The normalized spacial score (nSPS) is 27.9. The van der Waals surface area contributed by atoms with Gasteiger partial charge in [0.15, 0.2) is 0 Å². The molecular weight excluding hydrogens is 398 g/mol. The summed E-state index contributed by atoms with van der Waals surface area (Å²) in [4.78, 5) is 14.4. The van der Waals surface area contributed by atoms with Gasteiger partial charge in [0, 0.05) is 31.8 Å². The predicted octanol–water partition coefficient (Wildman–Crippen LogP) is 5.11. The van der Waals surface area contributed by atoms with E-state index in [1.165, 1.54) is 5.57 Å². The van der Waals surface area contributed by atoms with Crippen molar-refractivity contribution in [1.82, 2.24) is 4.90 Å². The highest BCUT2D eigenvalue weighted by atomic mass is 16.3. The van der Waals surface area contributed by atoms with E-state index in [4.69, 9.17) is 0 Å². The van der Waals surface area contributed by atoms with E-state index in [0.717, 1.165) is 58.0 Å². The molecule has 2 aliphatic rings. The number of carbonyl (C=O) groups is 1. The van der Waals surface area contributed by atoms with Crippen molar-refractivity contribution in [3.8, 4) is 11.8 Å². The maximum absolute atomic E-state index is 12.4. The molecule has 0 aromatic rings. The highest BCUT2D eigenvalue weighted by Crippen LogP contribution is 2.50. The molecule has 2 saturated carbocycles. The van der Waals surface area contributed by atoms with Crippen LogP contribution in [-0.4, -0.2) is 46.3 Å². The Balaban J connectivity index is 1.83. The van der Waals surface area contributed by atoms with Crippen molar-refractivity contribution in [3.05, 3.63) is 23.8 Å². The Hall–Kier alpha value is -1.57. The van der Waals surface area contributed by atoms with Crippen molar-refractivity contribution in [2.24, 2.45) is 23.7 Å². The van der Waals surface area contributed by atoms with Crippen LogP contribution in [-0.2, 0) is 4.79 Å². The maximum atomic E-state index is 12.4. The van der Waals surface area contributed by atoms with E-state index in [9.17, 15) is 15.0 Å². The lowest BCUT2D eigenvalue weighted by molar-refractivity contribution is -0.131. The van der Waals surface area contributed by atoms with Crippen LogP contribution in [0, 0.1) is 35.5 Å². The first-order valence-electron chi connectivity index (χ1n) is 12.8. The van der Waals surface area contributed by atoms with E-state index in [2.05, 4.69) is 37.8 Å². The number of allylic oxidation sites excluding steroid dienone is 2. The molecule has 0 bridgehead atoms. The molecule has 0 heterocycles. The highest BCUT2D eigenvalue weighted by molar-refractivity contribution is 5.76. The fourth-order valence-corrected chi connectivity index (χ4v) is 5.37. The fraction of sp³-hybridized carbons (Fsp3) is 0.750. The van der Waals surface area contributed by atoms with Gasteiger partial charge in [-0.25, -0.2) is 0 Å². The van der Waals surface area contributed by atoms with Gasteiger partial charge in [0.2, 0.25) is 5.91 Å². The SMILES string of the molecule is CC#CC[C@H](C)[C@H](O)C=C[C@@H]1[C@H]2CC(=CCCCC(=O)N(CCC)CCC)C[C@H]2C[C@H]1O. The molecule has 2 fully saturated rings.